The first-order chi connectivity index (χ1) is 16.9. The highest BCUT2D eigenvalue weighted by Crippen LogP contribution is 2.31. The fourth-order valence-electron chi connectivity index (χ4n) is 4.08. The lowest BCUT2D eigenvalue weighted by atomic mass is 9.90. The highest BCUT2D eigenvalue weighted by atomic mass is 16.5. The average Bonchev–Trinajstić information content (AvgIpc) is 2.85. The maximum Gasteiger partial charge on any atom is 0.255 e. The molecule has 0 spiro atoms. The van der Waals surface area contributed by atoms with Gasteiger partial charge in [0, 0.05) is 25.2 Å². The number of ether oxygens (including phenoxy) is 3. The molecule has 4 rings (SSSR count). The fourth-order valence-corrected chi connectivity index (χ4v) is 4.08. The van der Waals surface area contributed by atoms with E-state index < -0.39 is 17.6 Å². The number of para-hydroxylation sites is 1. The zero-order valence-corrected chi connectivity index (χ0v) is 19.9. The first-order valence-corrected chi connectivity index (χ1v) is 11.8. The van der Waals surface area contributed by atoms with E-state index in [2.05, 4.69) is 4.90 Å². The molecule has 1 aliphatic heterocycles. The van der Waals surface area contributed by atoms with Crippen LogP contribution in [-0.2, 0) is 17.9 Å². The topological polar surface area (TPSA) is 94.3 Å². The Morgan fingerprint density at radius 1 is 1.03 bits per heavy atom. The number of amides is 1. The lowest BCUT2D eigenvalue weighted by Gasteiger charge is -2.42. The average molecular weight is 477 g/mol. The molecule has 0 saturated carbocycles. The van der Waals surface area contributed by atoms with Crippen molar-refractivity contribution in [1.82, 2.24) is 4.90 Å². The molecule has 3 N–H and O–H groups in total. The van der Waals surface area contributed by atoms with Crippen LogP contribution in [0.2, 0.25) is 0 Å². The van der Waals surface area contributed by atoms with Gasteiger partial charge in [-0.3, -0.25) is 9.69 Å². The lowest BCUT2D eigenvalue weighted by molar-refractivity contribution is -0.120. The lowest BCUT2D eigenvalue weighted by Crippen LogP contribution is -2.56. The van der Waals surface area contributed by atoms with Crippen molar-refractivity contribution in [2.75, 3.05) is 19.7 Å². The van der Waals surface area contributed by atoms with Gasteiger partial charge >= 0.3 is 0 Å². The molecule has 0 bridgehead atoms. The number of carbonyl (C=O) groups is 1. The zero-order chi connectivity index (χ0) is 24.7. The number of nitrogens with zero attached hydrogens (tertiary/aromatic N) is 1. The Hall–Kier alpha value is -3.55. The van der Waals surface area contributed by atoms with Crippen LogP contribution in [0, 0.1) is 0 Å². The molecule has 7 heteroatoms. The van der Waals surface area contributed by atoms with E-state index in [1.54, 1.807) is 6.07 Å². The van der Waals surface area contributed by atoms with Crippen molar-refractivity contribution in [3.05, 3.63) is 90.0 Å². The second-order valence-electron chi connectivity index (χ2n) is 9.06. The molecule has 3 aromatic rings. The third-order valence-corrected chi connectivity index (χ3v) is 6.12. The minimum absolute atomic E-state index is 0.203. The van der Waals surface area contributed by atoms with Crippen molar-refractivity contribution < 1.29 is 24.1 Å². The van der Waals surface area contributed by atoms with Crippen molar-refractivity contribution in [2.45, 2.75) is 38.2 Å². The van der Waals surface area contributed by atoms with Crippen LogP contribution < -0.4 is 19.9 Å². The Balaban J connectivity index is 1.49. The van der Waals surface area contributed by atoms with Crippen molar-refractivity contribution >= 4 is 5.91 Å². The molecule has 1 fully saturated rings. The molecule has 3 aromatic carbocycles. The van der Waals surface area contributed by atoms with Gasteiger partial charge in [0.15, 0.2) is 6.61 Å². The van der Waals surface area contributed by atoms with Gasteiger partial charge in [0.1, 0.15) is 35.6 Å². The van der Waals surface area contributed by atoms with E-state index in [1.165, 1.54) is 0 Å². The molecule has 184 valence electrons. The smallest absolute Gasteiger partial charge is 0.255 e. The second-order valence-corrected chi connectivity index (χ2v) is 9.06. The summed E-state index contributed by atoms with van der Waals surface area (Å²) in [5, 5.41) is 11.0. The van der Waals surface area contributed by atoms with Gasteiger partial charge in [0.2, 0.25) is 0 Å². The monoisotopic (exact) mass is 476 g/mol. The van der Waals surface area contributed by atoms with Crippen LogP contribution in [0.1, 0.15) is 24.5 Å². The van der Waals surface area contributed by atoms with E-state index in [1.807, 2.05) is 79.7 Å². The molecule has 0 aromatic heterocycles. The Morgan fingerprint density at radius 3 is 2.46 bits per heavy atom. The summed E-state index contributed by atoms with van der Waals surface area (Å²) in [6.45, 7) is 3.82. The highest BCUT2D eigenvalue weighted by molar-refractivity contribution is 5.75. The largest absolute Gasteiger partial charge is 0.489 e. The van der Waals surface area contributed by atoms with Crippen molar-refractivity contribution in [2.24, 2.45) is 5.73 Å². The van der Waals surface area contributed by atoms with Gasteiger partial charge in [0.05, 0.1) is 0 Å². The minimum atomic E-state index is -0.946. The van der Waals surface area contributed by atoms with Gasteiger partial charge in [-0.15, -0.1) is 0 Å². The van der Waals surface area contributed by atoms with Crippen LogP contribution in [0.3, 0.4) is 0 Å². The van der Waals surface area contributed by atoms with Crippen molar-refractivity contribution in [3.63, 3.8) is 0 Å². The van der Waals surface area contributed by atoms with E-state index in [0.717, 1.165) is 16.9 Å². The number of piperidine rings is 1. The Bertz CT molecular complexity index is 1100. The Kier molecular flexibility index (Phi) is 7.90. The number of carbonyl (C=O) groups excluding carboxylic acids is 1. The highest BCUT2D eigenvalue weighted by Gasteiger charge is 2.39. The predicted octanol–water partition coefficient (Wildman–Crippen LogP) is 3.53. The summed E-state index contributed by atoms with van der Waals surface area (Å²) in [6.07, 6.45) is 0.165. The van der Waals surface area contributed by atoms with Gasteiger partial charge in [-0.25, -0.2) is 0 Å². The molecule has 0 unspecified atom stereocenters. The normalized spacial score (nSPS) is 20.2. The summed E-state index contributed by atoms with van der Waals surface area (Å²) < 4.78 is 17.8. The maximum absolute atomic E-state index is 11.3. The number of nitrogens with two attached hydrogens (primary N) is 1. The summed E-state index contributed by atoms with van der Waals surface area (Å²) in [4.78, 5) is 13.5. The van der Waals surface area contributed by atoms with Crippen LogP contribution in [0.4, 0.5) is 0 Å². The molecule has 1 heterocycles. The van der Waals surface area contributed by atoms with Gasteiger partial charge in [-0.1, -0.05) is 48.5 Å². The van der Waals surface area contributed by atoms with Crippen LogP contribution in [0.15, 0.2) is 78.9 Å². The Morgan fingerprint density at radius 2 is 1.74 bits per heavy atom. The fraction of sp³-hybridized carbons (Fsp3) is 0.321. The van der Waals surface area contributed by atoms with Crippen LogP contribution in [0.5, 0.6) is 17.2 Å². The first-order valence-electron chi connectivity index (χ1n) is 11.8. The molecular weight excluding hydrogens is 444 g/mol. The molecule has 1 amide bonds. The van der Waals surface area contributed by atoms with Crippen molar-refractivity contribution in [3.8, 4) is 17.2 Å². The number of primary amides is 1. The number of aliphatic hydroxyl groups is 1. The summed E-state index contributed by atoms with van der Waals surface area (Å²) >= 11 is 0. The number of likely N-dealkylation sites (tertiary alicyclic amines) is 1. The number of benzene rings is 3. The van der Waals surface area contributed by atoms with E-state index in [-0.39, 0.29) is 6.61 Å². The molecule has 0 radical (unpaired) electrons. The molecule has 1 aliphatic rings. The maximum atomic E-state index is 11.3. The van der Waals surface area contributed by atoms with Gasteiger partial charge in [-0.2, -0.15) is 0 Å². The van der Waals surface area contributed by atoms with E-state index in [9.17, 15) is 9.90 Å². The number of rotatable bonds is 10. The van der Waals surface area contributed by atoms with Crippen molar-refractivity contribution in [1.29, 1.82) is 0 Å². The zero-order valence-electron chi connectivity index (χ0n) is 19.9. The molecule has 0 aliphatic carbocycles. The number of hydrogen-bond donors (Lipinski definition) is 2. The summed E-state index contributed by atoms with van der Waals surface area (Å²) in [7, 11) is 0. The van der Waals surface area contributed by atoms with Gasteiger partial charge in [0.25, 0.3) is 5.91 Å². The molecule has 1 saturated heterocycles. The van der Waals surface area contributed by atoms with E-state index in [4.69, 9.17) is 19.9 Å². The third-order valence-electron chi connectivity index (χ3n) is 6.12. The third kappa shape index (κ3) is 6.97. The standard InChI is InChI=1S/C28H32N2O5/c1-28(32)14-15-30(18-26(28)35-23-10-6-3-7-11-23)17-22-16-24(12-13-25(22)34-20-27(29)31)33-19-21-8-4-2-5-9-21/h2-13,16,26,32H,14-15,17-20H2,1H3,(H2,29,31)/t26-,28-/m0/s1. The number of hydrogen-bond acceptors (Lipinski definition) is 6. The summed E-state index contributed by atoms with van der Waals surface area (Å²) in [5.74, 6) is 1.47. The minimum Gasteiger partial charge on any atom is -0.489 e. The van der Waals surface area contributed by atoms with Crippen LogP contribution >= 0.6 is 0 Å². The molecule has 35 heavy (non-hydrogen) atoms. The quantitative estimate of drug-likeness (QED) is 0.465. The summed E-state index contributed by atoms with van der Waals surface area (Å²) in [6, 6.07) is 25.0. The summed E-state index contributed by atoms with van der Waals surface area (Å²) in [5.41, 5.74) is 6.29. The van der Waals surface area contributed by atoms with E-state index >= 15 is 0 Å². The molecular formula is C28H32N2O5. The van der Waals surface area contributed by atoms with Gasteiger partial charge < -0.3 is 25.1 Å². The van der Waals surface area contributed by atoms with E-state index in [0.29, 0.717) is 44.2 Å². The molecule has 2 atom stereocenters. The van der Waals surface area contributed by atoms with Crippen LogP contribution in [-0.4, -0.2) is 47.3 Å². The second kappa shape index (κ2) is 11.3. The predicted molar refractivity (Wildman–Crippen MR) is 133 cm³/mol. The molecule has 7 nitrogen and oxygen atoms in total. The van der Waals surface area contributed by atoms with Gasteiger partial charge in [-0.05, 0) is 49.2 Å². The SMILES string of the molecule is C[C@]1(O)CCN(Cc2cc(OCc3ccccc3)ccc2OCC(N)=O)C[C@@H]1Oc1ccccc1. The van der Waals surface area contributed by atoms with Crippen LogP contribution in [0.25, 0.3) is 0 Å². The Labute approximate surface area is 206 Å². The first kappa shape index (κ1) is 24.6.